The first-order valence-corrected chi connectivity index (χ1v) is 11.2. The van der Waals surface area contributed by atoms with Crippen molar-refractivity contribution < 1.29 is 14.3 Å². The molecular formula is C26H32O3. The summed E-state index contributed by atoms with van der Waals surface area (Å²) in [6.45, 7) is 2.83. The van der Waals surface area contributed by atoms with E-state index in [0.29, 0.717) is 34.6 Å². The van der Waals surface area contributed by atoms with Crippen molar-refractivity contribution in [2.45, 2.75) is 71.1 Å². The van der Waals surface area contributed by atoms with Crippen molar-refractivity contribution in [2.75, 3.05) is 6.61 Å². The summed E-state index contributed by atoms with van der Waals surface area (Å²) < 4.78 is 5.94. The lowest BCUT2D eigenvalue weighted by Gasteiger charge is -2.20. The van der Waals surface area contributed by atoms with E-state index < -0.39 is 0 Å². The number of ketones is 2. The van der Waals surface area contributed by atoms with Crippen molar-refractivity contribution in [1.82, 2.24) is 0 Å². The number of rotatable bonds is 12. The van der Waals surface area contributed by atoms with Gasteiger partial charge in [0.05, 0.1) is 12.2 Å². The molecule has 0 unspecified atom stereocenters. The smallest absolute Gasteiger partial charge is 0.198 e. The molecule has 154 valence electrons. The van der Waals surface area contributed by atoms with Gasteiger partial charge in [-0.2, -0.15) is 0 Å². The van der Waals surface area contributed by atoms with Crippen LogP contribution in [-0.4, -0.2) is 18.2 Å². The highest BCUT2D eigenvalue weighted by Crippen LogP contribution is 2.33. The fraction of sp³-hybridized carbons (Fsp3) is 0.462. The van der Waals surface area contributed by atoms with Crippen molar-refractivity contribution in [3.63, 3.8) is 0 Å². The van der Waals surface area contributed by atoms with Crippen LogP contribution in [0.15, 0.2) is 42.5 Å². The van der Waals surface area contributed by atoms with Crippen molar-refractivity contribution in [2.24, 2.45) is 0 Å². The lowest BCUT2D eigenvalue weighted by atomic mass is 9.83. The maximum atomic E-state index is 12.9. The normalized spacial score (nSPS) is 12.6. The predicted molar refractivity (Wildman–Crippen MR) is 117 cm³/mol. The third-order valence-corrected chi connectivity index (χ3v) is 5.67. The van der Waals surface area contributed by atoms with Gasteiger partial charge in [-0.25, -0.2) is 0 Å². The quantitative estimate of drug-likeness (QED) is 0.320. The van der Waals surface area contributed by atoms with Crippen LogP contribution in [0.3, 0.4) is 0 Å². The minimum absolute atomic E-state index is 0.0976. The van der Waals surface area contributed by atoms with Gasteiger partial charge >= 0.3 is 0 Å². The van der Waals surface area contributed by atoms with Crippen LogP contribution in [0.4, 0.5) is 0 Å². The molecule has 0 heterocycles. The Morgan fingerprint density at radius 1 is 0.621 bits per heavy atom. The first kappa shape index (κ1) is 21.3. The van der Waals surface area contributed by atoms with E-state index in [-0.39, 0.29) is 11.6 Å². The zero-order chi connectivity index (χ0) is 20.5. The maximum Gasteiger partial charge on any atom is 0.198 e. The Morgan fingerprint density at radius 2 is 1.17 bits per heavy atom. The second-order valence-corrected chi connectivity index (χ2v) is 7.91. The van der Waals surface area contributed by atoms with Gasteiger partial charge in [0, 0.05) is 16.7 Å². The summed E-state index contributed by atoms with van der Waals surface area (Å²) in [5, 5.41) is 0. The molecule has 0 aliphatic heterocycles. The van der Waals surface area contributed by atoms with Gasteiger partial charge in [-0.05, 0) is 12.5 Å². The SMILES string of the molecule is CCCCCCCCCCCCOc1cccc2c1C(=O)c1ccccc1C2=O. The van der Waals surface area contributed by atoms with E-state index in [0.717, 1.165) is 12.8 Å². The highest BCUT2D eigenvalue weighted by molar-refractivity contribution is 6.29. The third-order valence-electron chi connectivity index (χ3n) is 5.67. The van der Waals surface area contributed by atoms with E-state index in [9.17, 15) is 9.59 Å². The zero-order valence-electron chi connectivity index (χ0n) is 17.5. The summed E-state index contributed by atoms with van der Waals surface area (Å²) >= 11 is 0. The highest BCUT2D eigenvalue weighted by atomic mass is 16.5. The molecule has 0 aromatic heterocycles. The van der Waals surface area contributed by atoms with Gasteiger partial charge in [-0.1, -0.05) is 101 Å². The van der Waals surface area contributed by atoms with Gasteiger partial charge in [-0.15, -0.1) is 0 Å². The van der Waals surface area contributed by atoms with Crippen molar-refractivity contribution in [3.05, 3.63) is 64.7 Å². The number of ether oxygens (including phenoxy) is 1. The molecule has 0 N–H and O–H groups in total. The molecular weight excluding hydrogens is 360 g/mol. The summed E-state index contributed by atoms with van der Waals surface area (Å²) in [6, 6.07) is 12.3. The largest absolute Gasteiger partial charge is 0.493 e. The number of unbranched alkanes of at least 4 members (excludes halogenated alkanes) is 9. The summed E-state index contributed by atoms with van der Waals surface area (Å²) in [5.41, 5.74) is 1.83. The van der Waals surface area contributed by atoms with Crippen LogP contribution in [0.1, 0.15) is 103 Å². The average molecular weight is 393 g/mol. The van der Waals surface area contributed by atoms with Crippen LogP contribution in [-0.2, 0) is 0 Å². The molecule has 0 saturated heterocycles. The van der Waals surface area contributed by atoms with Crippen LogP contribution in [0.5, 0.6) is 5.75 Å². The Kier molecular flexibility index (Phi) is 8.03. The summed E-state index contributed by atoms with van der Waals surface area (Å²) in [6.07, 6.45) is 12.7. The second-order valence-electron chi connectivity index (χ2n) is 7.91. The summed E-state index contributed by atoms with van der Waals surface area (Å²) in [4.78, 5) is 25.7. The van der Waals surface area contributed by atoms with E-state index in [1.54, 1.807) is 42.5 Å². The number of carbonyl (C=O) groups is 2. The summed E-state index contributed by atoms with van der Waals surface area (Å²) in [5.74, 6) is 0.319. The monoisotopic (exact) mass is 392 g/mol. The third kappa shape index (κ3) is 5.35. The van der Waals surface area contributed by atoms with E-state index in [1.165, 1.54) is 51.4 Å². The van der Waals surface area contributed by atoms with Crippen molar-refractivity contribution >= 4 is 11.6 Å². The summed E-state index contributed by atoms with van der Waals surface area (Å²) in [7, 11) is 0. The van der Waals surface area contributed by atoms with Crippen molar-refractivity contribution in [1.29, 1.82) is 0 Å². The molecule has 3 heteroatoms. The molecule has 0 saturated carbocycles. The molecule has 29 heavy (non-hydrogen) atoms. The number of hydrogen-bond acceptors (Lipinski definition) is 3. The fourth-order valence-corrected chi connectivity index (χ4v) is 4.01. The Labute approximate surface area is 174 Å². The molecule has 0 fully saturated rings. The maximum absolute atomic E-state index is 12.9. The Hall–Kier alpha value is -2.42. The second kappa shape index (κ2) is 10.9. The number of hydrogen-bond donors (Lipinski definition) is 0. The molecule has 0 amide bonds. The predicted octanol–water partition coefficient (Wildman–Crippen LogP) is 6.76. The van der Waals surface area contributed by atoms with Crippen LogP contribution >= 0.6 is 0 Å². The number of benzene rings is 2. The van der Waals surface area contributed by atoms with Crippen LogP contribution in [0.25, 0.3) is 0 Å². The number of fused-ring (bicyclic) bond motifs is 2. The van der Waals surface area contributed by atoms with Gasteiger partial charge in [0.1, 0.15) is 5.75 Å². The van der Waals surface area contributed by atoms with Crippen LogP contribution < -0.4 is 4.74 Å². The first-order valence-electron chi connectivity index (χ1n) is 11.2. The minimum Gasteiger partial charge on any atom is -0.493 e. The van der Waals surface area contributed by atoms with E-state index in [1.807, 2.05) is 0 Å². The molecule has 0 spiro atoms. The van der Waals surface area contributed by atoms with E-state index in [2.05, 4.69) is 6.92 Å². The van der Waals surface area contributed by atoms with E-state index >= 15 is 0 Å². The Bertz CT molecular complexity index is 838. The molecule has 1 aliphatic rings. The lowest BCUT2D eigenvalue weighted by molar-refractivity contribution is 0.0975. The molecule has 3 rings (SSSR count). The highest BCUT2D eigenvalue weighted by Gasteiger charge is 2.31. The zero-order valence-corrected chi connectivity index (χ0v) is 17.5. The molecule has 3 nitrogen and oxygen atoms in total. The van der Waals surface area contributed by atoms with Crippen LogP contribution in [0.2, 0.25) is 0 Å². The van der Waals surface area contributed by atoms with Crippen LogP contribution in [0, 0.1) is 0 Å². The Balaban J connectivity index is 1.46. The molecule has 2 aromatic carbocycles. The van der Waals surface area contributed by atoms with Gasteiger partial charge < -0.3 is 4.74 Å². The standard InChI is InChI=1S/C26H32O3/c1-2-3-4-5-6-7-8-9-10-13-19-29-23-18-14-17-22-24(23)26(28)21-16-12-11-15-20(21)25(22)27/h11-12,14-18H,2-10,13,19H2,1H3. The van der Waals surface area contributed by atoms with Gasteiger partial charge in [0.2, 0.25) is 0 Å². The number of carbonyl (C=O) groups excluding carboxylic acids is 2. The first-order chi connectivity index (χ1) is 14.2. The molecule has 1 aliphatic carbocycles. The topological polar surface area (TPSA) is 43.4 Å². The Morgan fingerprint density at radius 3 is 1.83 bits per heavy atom. The van der Waals surface area contributed by atoms with Gasteiger partial charge in [-0.3, -0.25) is 9.59 Å². The van der Waals surface area contributed by atoms with Gasteiger partial charge in [0.25, 0.3) is 0 Å². The fourth-order valence-electron chi connectivity index (χ4n) is 4.01. The minimum atomic E-state index is -0.117. The lowest BCUT2D eigenvalue weighted by Crippen LogP contribution is -2.21. The molecule has 0 atom stereocenters. The average Bonchev–Trinajstić information content (AvgIpc) is 2.75. The molecule has 2 aromatic rings. The molecule has 0 bridgehead atoms. The van der Waals surface area contributed by atoms with E-state index in [4.69, 9.17) is 4.74 Å². The molecule has 0 radical (unpaired) electrons. The van der Waals surface area contributed by atoms with Gasteiger partial charge in [0.15, 0.2) is 11.6 Å². The van der Waals surface area contributed by atoms with Crippen molar-refractivity contribution in [3.8, 4) is 5.75 Å².